The molecule has 1 fully saturated rings. The number of carbonyl (C=O) groups excluding carboxylic acids is 2. The average molecular weight is 217 g/mol. The Bertz CT molecular complexity index is 266. The molecule has 0 aliphatic carbocycles. The molecule has 0 aromatic carbocycles. The number of carboxylic acid groups (broad SMARTS) is 1. The first-order valence-electron chi connectivity index (χ1n) is 4.21. The number of aliphatic carboxylic acids is 1. The van der Waals surface area contributed by atoms with E-state index in [0.29, 0.717) is 5.75 Å². The summed E-state index contributed by atoms with van der Waals surface area (Å²) >= 11 is 1.24. The number of amides is 1. The van der Waals surface area contributed by atoms with Crippen molar-refractivity contribution in [1.82, 2.24) is 5.32 Å². The molecule has 6 heteroatoms. The summed E-state index contributed by atoms with van der Waals surface area (Å²) in [6, 6.07) is -0.876. The molecule has 0 aromatic heterocycles. The zero-order valence-electron chi connectivity index (χ0n) is 7.49. The van der Waals surface area contributed by atoms with Crippen LogP contribution in [0.2, 0.25) is 0 Å². The molecule has 5 nitrogen and oxygen atoms in total. The lowest BCUT2D eigenvalue weighted by Gasteiger charge is -2.11. The first kappa shape index (κ1) is 11.0. The summed E-state index contributed by atoms with van der Waals surface area (Å²) in [5.74, 6) is -0.893. The third-order valence-electron chi connectivity index (χ3n) is 1.81. The van der Waals surface area contributed by atoms with Crippen LogP contribution in [0.3, 0.4) is 0 Å². The van der Waals surface area contributed by atoms with Gasteiger partial charge in [0.15, 0.2) is 0 Å². The highest BCUT2D eigenvalue weighted by atomic mass is 32.2. The Hall–Kier alpha value is -1.04. The maximum atomic E-state index is 11.1. The molecule has 1 atom stereocenters. The zero-order valence-corrected chi connectivity index (χ0v) is 8.30. The normalized spacial score (nSPS) is 24.4. The molecular formula is C8H11NO4S. The molecule has 0 aromatic rings. The van der Waals surface area contributed by atoms with E-state index in [2.05, 4.69) is 5.32 Å². The first-order chi connectivity index (χ1) is 6.59. The second-order valence-electron chi connectivity index (χ2n) is 3.01. The van der Waals surface area contributed by atoms with Crippen molar-refractivity contribution in [2.45, 2.75) is 18.9 Å². The van der Waals surface area contributed by atoms with Crippen LogP contribution in [0.25, 0.3) is 0 Å². The summed E-state index contributed by atoms with van der Waals surface area (Å²) in [6.45, 7) is 0. The van der Waals surface area contributed by atoms with Crippen LogP contribution in [0.4, 0.5) is 0 Å². The van der Waals surface area contributed by atoms with Crippen LogP contribution < -0.4 is 5.32 Å². The molecule has 1 rings (SSSR count). The van der Waals surface area contributed by atoms with Crippen molar-refractivity contribution in [3.63, 3.8) is 0 Å². The standard InChI is InChI=1S/C8H11NO4S/c10-5-1-2-7(11)9-6(8(12)13)4-14-3-5/h6H,1-4H2,(H,9,11)(H,12,13). The quantitative estimate of drug-likeness (QED) is 0.627. The van der Waals surface area contributed by atoms with E-state index < -0.39 is 12.0 Å². The molecule has 1 saturated heterocycles. The first-order valence-corrected chi connectivity index (χ1v) is 5.36. The molecule has 2 N–H and O–H groups in total. The Balaban J connectivity index is 2.60. The Labute approximate surface area is 85.2 Å². The van der Waals surface area contributed by atoms with Crippen molar-refractivity contribution in [1.29, 1.82) is 0 Å². The number of ketones is 1. The van der Waals surface area contributed by atoms with E-state index in [4.69, 9.17) is 5.11 Å². The van der Waals surface area contributed by atoms with Gasteiger partial charge in [-0.2, -0.15) is 11.8 Å². The Morgan fingerprint density at radius 3 is 2.79 bits per heavy atom. The van der Waals surface area contributed by atoms with Gasteiger partial charge in [-0.3, -0.25) is 9.59 Å². The van der Waals surface area contributed by atoms with E-state index in [0.717, 1.165) is 0 Å². The van der Waals surface area contributed by atoms with Gasteiger partial charge in [0.05, 0.1) is 5.75 Å². The number of thioether (sulfide) groups is 1. The molecule has 78 valence electrons. The van der Waals surface area contributed by atoms with Gasteiger partial charge in [0.2, 0.25) is 5.91 Å². The molecule has 0 radical (unpaired) electrons. The molecular weight excluding hydrogens is 206 g/mol. The Morgan fingerprint density at radius 1 is 1.43 bits per heavy atom. The number of nitrogens with one attached hydrogen (secondary N) is 1. The number of hydrogen-bond donors (Lipinski definition) is 2. The highest BCUT2D eigenvalue weighted by molar-refractivity contribution is 8.00. The number of hydrogen-bond acceptors (Lipinski definition) is 4. The van der Waals surface area contributed by atoms with Gasteiger partial charge in [-0.15, -0.1) is 0 Å². The van der Waals surface area contributed by atoms with Crippen LogP contribution in [0, 0.1) is 0 Å². The lowest BCUT2D eigenvalue weighted by molar-refractivity contribution is -0.141. The Kier molecular flexibility index (Phi) is 3.94. The van der Waals surface area contributed by atoms with E-state index in [1.54, 1.807) is 0 Å². The van der Waals surface area contributed by atoms with Crippen LogP contribution >= 0.6 is 11.8 Å². The second-order valence-corrected chi connectivity index (χ2v) is 4.04. The van der Waals surface area contributed by atoms with Crippen molar-refractivity contribution in [3.8, 4) is 0 Å². The van der Waals surface area contributed by atoms with Gasteiger partial charge in [-0.1, -0.05) is 0 Å². The van der Waals surface area contributed by atoms with E-state index >= 15 is 0 Å². The van der Waals surface area contributed by atoms with Crippen LogP contribution in [0.5, 0.6) is 0 Å². The predicted molar refractivity (Wildman–Crippen MR) is 51.1 cm³/mol. The van der Waals surface area contributed by atoms with Crippen molar-refractivity contribution in [3.05, 3.63) is 0 Å². The zero-order chi connectivity index (χ0) is 10.6. The molecule has 1 heterocycles. The van der Waals surface area contributed by atoms with E-state index in [1.165, 1.54) is 11.8 Å². The van der Waals surface area contributed by atoms with Gasteiger partial charge < -0.3 is 10.4 Å². The number of carboxylic acids is 1. The fourth-order valence-corrected chi connectivity index (χ4v) is 2.01. The summed E-state index contributed by atoms with van der Waals surface area (Å²) in [6.07, 6.45) is 0.286. The summed E-state index contributed by atoms with van der Waals surface area (Å²) in [5, 5.41) is 11.1. The van der Waals surface area contributed by atoms with E-state index in [1.807, 2.05) is 0 Å². The highest BCUT2D eigenvalue weighted by Gasteiger charge is 2.22. The maximum Gasteiger partial charge on any atom is 0.327 e. The molecule has 1 aliphatic heterocycles. The predicted octanol–water partition coefficient (Wildman–Crippen LogP) is -0.348. The minimum atomic E-state index is -1.06. The number of Topliss-reactive ketones (excluding diaryl/α,β-unsaturated/α-hetero) is 1. The lowest BCUT2D eigenvalue weighted by Crippen LogP contribution is -2.42. The molecule has 1 aliphatic rings. The highest BCUT2D eigenvalue weighted by Crippen LogP contribution is 2.09. The van der Waals surface area contributed by atoms with Crippen molar-refractivity contribution in [2.24, 2.45) is 0 Å². The third kappa shape index (κ3) is 3.37. The lowest BCUT2D eigenvalue weighted by atomic mass is 10.2. The van der Waals surface area contributed by atoms with Gasteiger partial charge in [-0.05, 0) is 0 Å². The largest absolute Gasteiger partial charge is 0.480 e. The summed E-state index contributed by atoms with van der Waals surface area (Å²) in [4.78, 5) is 32.8. The van der Waals surface area contributed by atoms with Gasteiger partial charge >= 0.3 is 5.97 Å². The maximum absolute atomic E-state index is 11.1. The smallest absolute Gasteiger partial charge is 0.327 e. The third-order valence-corrected chi connectivity index (χ3v) is 2.91. The molecule has 1 amide bonds. The second kappa shape index (κ2) is 4.99. The van der Waals surface area contributed by atoms with E-state index in [-0.39, 0.29) is 30.3 Å². The van der Waals surface area contributed by atoms with Gasteiger partial charge in [0, 0.05) is 18.6 Å². The monoisotopic (exact) mass is 217 g/mol. The SMILES string of the molecule is O=C1CCC(=O)NC(C(=O)O)CSC1. The van der Waals surface area contributed by atoms with Gasteiger partial charge in [0.25, 0.3) is 0 Å². The average Bonchev–Trinajstić information content (AvgIpc) is 2.19. The molecule has 1 unspecified atom stereocenters. The van der Waals surface area contributed by atoms with Gasteiger partial charge in [-0.25, -0.2) is 4.79 Å². The van der Waals surface area contributed by atoms with Crippen molar-refractivity contribution in [2.75, 3.05) is 11.5 Å². The van der Waals surface area contributed by atoms with Crippen LogP contribution in [0.1, 0.15) is 12.8 Å². The van der Waals surface area contributed by atoms with Crippen LogP contribution in [0.15, 0.2) is 0 Å². The topological polar surface area (TPSA) is 83.5 Å². The van der Waals surface area contributed by atoms with E-state index in [9.17, 15) is 14.4 Å². The molecule has 14 heavy (non-hydrogen) atoms. The summed E-state index contributed by atoms with van der Waals surface area (Å²) in [7, 11) is 0. The van der Waals surface area contributed by atoms with Crippen molar-refractivity contribution < 1.29 is 19.5 Å². The molecule has 0 saturated carbocycles. The fourth-order valence-electron chi connectivity index (χ4n) is 1.06. The van der Waals surface area contributed by atoms with Crippen molar-refractivity contribution >= 4 is 29.4 Å². The molecule has 0 bridgehead atoms. The fraction of sp³-hybridized carbons (Fsp3) is 0.625. The Morgan fingerprint density at radius 2 is 2.14 bits per heavy atom. The minimum Gasteiger partial charge on any atom is -0.480 e. The summed E-state index contributed by atoms with van der Waals surface area (Å²) < 4.78 is 0. The molecule has 0 spiro atoms. The number of rotatable bonds is 1. The van der Waals surface area contributed by atoms with Gasteiger partial charge in [0.1, 0.15) is 11.8 Å². The minimum absolute atomic E-state index is 0.00353. The van der Waals surface area contributed by atoms with Crippen LogP contribution in [-0.2, 0) is 14.4 Å². The van der Waals surface area contributed by atoms with Crippen LogP contribution in [-0.4, -0.2) is 40.3 Å². The summed E-state index contributed by atoms with van der Waals surface area (Å²) in [5.41, 5.74) is 0. The number of carbonyl (C=O) groups is 3.